The van der Waals surface area contributed by atoms with Gasteiger partial charge in [0.1, 0.15) is 11.5 Å². The van der Waals surface area contributed by atoms with E-state index in [-0.39, 0.29) is 18.6 Å². The summed E-state index contributed by atoms with van der Waals surface area (Å²) in [5.74, 6) is 0.577. The summed E-state index contributed by atoms with van der Waals surface area (Å²) in [6, 6.07) is 5.57. The van der Waals surface area contributed by atoms with Gasteiger partial charge in [-0.25, -0.2) is 4.79 Å². The molecule has 2 rings (SSSR count). The molecular weight excluding hydrogens is 346 g/mol. The quantitative estimate of drug-likeness (QED) is 0.514. The number of carbonyl (C=O) groups is 2. The van der Waals surface area contributed by atoms with Crippen LogP contribution in [0.15, 0.2) is 24.3 Å². The lowest BCUT2D eigenvalue weighted by atomic mass is 9.94. The summed E-state index contributed by atoms with van der Waals surface area (Å²) < 4.78 is 15.6. The Labute approximate surface area is 161 Å². The molecule has 0 atom stereocenters. The monoisotopic (exact) mass is 375 g/mol. The average Bonchev–Trinajstić information content (AvgIpc) is 2.71. The van der Waals surface area contributed by atoms with Crippen molar-refractivity contribution in [2.75, 3.05) is 27.4 Å². The van der Waals surface area contributed by atoms with Gasteiger partial charge >= 0.3 is 5.97 Å². The summed E-state index contributed by atoms with van der Waals surface area (Å²) in [6.07, 6.45) is 8.48. The fraction of sp³-hybridized carbons (Fsp3) is 0.524. The van der Waals surface area contributed by atoms with Gasteiger partial charge in [-0.1, -0.05) is 19.3 Å². The average molecular weight is 375 g/mol. The molecule has 1 aliphatic carbocycles. The summed E-state index contributed by atoms with van der Waals surface area (Å²) >= 11 is 0. The molecule has 0 aromatic heterocycles. The van der Waals surface area contributed by atoms with E-state index in [1.54, 1.807) is 38.5 Å². The first-order valence-corrected chi connectivity index (χ1v) is 9.45. The van der Waals surface area contributed by atoms with E-state index in [9.17, 15) is 9.59 Å². The first-order valence-electron chi connectivity index (χ1n) is 9.45. The van der Waals surface area contributed by atoms with Crippen molar-refractivity contribution in [3.63, 3.8) is 0 Å². The molecule has 1 aromatic rings. The van der Waals surface area contributed by atoms with Gasteiger partial charge in [-0.3, -0.25) is 4.79 Å². The summed E-state index contributed by atoms with van der Waals surface area (Å²) in [6.45, 7) is 2.37. The highest BCUT2D eigenvalue weighted by Gasteiger charge is 2.24. The number of hydrogen-bond acceptors (Lipinski definition) is 5. The van der Waals surface area contributed by atoms with Crippen molar-refractivity contribution in [2.45, 2.75) is 45.1 Å². The lowest BCUT2D eigenvalue weighted by Gasteiger charge is -2.33. The van der Waals surface area contributed by atoms with Crippen molar-refractivity contribution in [1.82, 2.24) is 4.90 Å². The molecule has 6 heteroatoms. The highest BCUT2D eigenvalue weighted by atomic mass is 16.5. The molecule has 0 heterocycles. The SMILES string of the molecule is CCN(C(=O)COC(=O)C=Cc1cc(OC)ccc1OC)C1CCCCC1. The number of ether oxygens (including phenoxy) is 3. The van der Waals surface area contributed by atoms with E-state index in [1.807, 2.05) is 11.8 Å². The largest absolute Gasteiger partial charge is 0.497 e. The third-order valence-corrected chi connectivity index (χ3v) is 4.85. The normalized spacial score (nSPS) is 14.8. The predicted octanol–water partition coefficient (Wildman–Crippen LogP) is 3.44. The van der Waals surface area contributed by atoms with Crippen LogP contribution in [0.5, 0.6) is 11.5 Å². The molecule has 1 aliphatic rings. The molecule has 0 bridgehead atoms. The Kier molecular flexibility index (Phi) is 8.17. The van der Waals surface area contributed by atoms with Crippen LogP contribution in [0.25, 0.3) is 6.08 Å². The topological polar surface area (TPSA) is 65.1 Å². The number of benzene rings is 1. The van der Waals surface area contributed by atoms with Crippen LogP contribution in [0.2, 0.25) is 0 Å². The number of hydrogen-bond donors (Lipinski definition) is 0. The Morgan fingerprint density at radius 1 is 1.15 bits per heavy atom. The minimum absolute atomic E-state index is 0.134. The van der Waals surface area contributed by atoms with Gasteiger partial charge in [0.2, 0.25) is 0 Å². The van der Waals surface area contributed by atoms with E-state index in [2.05, 4.69) is 0 Å². The van der Waals surface area contributed by atoms with Crippen molar-refractivity contribution in [3.05, 3.63) is 29.8 Å². The van der Waals surface area contributed by atoms with Crippen molar-refractivity contribution < 1.29 is 23.8 Å². The van der Waals surface area contributed by atoms with E-state index < -0.39 is 5.97 Å². The number of esters is 1. The number of nitrogens with zero attached hydrogens (tertiary/aromatic N) is 1. The number of likely N-dealkylation sites (N-methyl/N-ethyl adjacent to an activating group) is 1. The molecule has 0 N–H and O–H groups in total. The van der Waals surface area contributed by atoms with Crippen LogP contribution >= 0.6 is 0 Å². The van der Waals surface area contributed by atoms with Gasteiger partial charge in [0, 0.05) is 24.2 Å². The van der Waals surface area contributed by atoms with Crippen LogP contribution in [-0.2, 0) is 14.3 Å². The van der Waals surface area contributed by atoms with Gasteiger partial charge in [-0.05, 0) is 44.0 Å². The van der Waals surface area contributed by atoms with Crippen LogP contribution < -0.4 is 9.47 Å². The molecule has 6 nitrogen and oxygen atoms in total. The van der Waals surface area contributed by atoms with Crippen molar-refractivity contribution >= 4 is 18.0 Å². The predicted molar refractivity (Wildman–Crippen MR) is 104 cm³/mol. The minimum atomic E-state index is -0.562. The number of amides is 1. The number of rotatable bonds is 8. The van der Waals surface area contributed by atoms with Crippen molar-refractivity contribution in [2.24, 2.45) is 0 Å². The fourth-order valence-corrected chi connectivity index (χ4v) is 3.42. The highest BCUT2D eigenvalue weighted by molar-refractivity contribution is 5.89. The minimum Gasteiger partial charge on any atom is -0.497 e. The van der Waals surface area contributed by atoms with Gasteiger partial charge in [0.05, 0.1) is 14.2 Å². The van der Waals surface area contributed by atoms with E-state index in [0.717, 1.165) is 25.7 Å². The van der Waals surface area contributed by atoms with E-state index in [4.69, 9.17) is 14.2 Å². The third-order valence-electron chi connectivity index (χ3n) is 4.85. The van der Waals surface area contributed by atoms with Gasteiger partial charge in [0.15, 0.2) is 6.61 Å². The molecule has 0 spiro atoms. The van der Waals surface area contributed by atoms with Crippen LogP contribution in [0.3, 0.4) is 0 Å². The number of methoxy groups -OCH3 is 2. The molecule has 27 heavy (non-hydrogen) atoms. The van der Waals surface area contributed by atoms with Crippen molar-refractivity contribution in [1.29, 1.82) is 0 Å². The molecule has 0 unspecified atom stereocenters. The maximum atomic E-state index is 12.4. The fourth-order valence-electron chi connectivity index (χ4n) is 3.42. The molecule has 0 saturated heterocycles. The van der Waals surface area contributed by atoms with Crippen LogP contribution in [0.1, 0.15) is 44.6 Å². The van der Waals surface area contributed by atoms with Crippen LogP contribution in [-0.4, -0.2) is 50.2 Å². The van der Waals surface area contributed by atoms with E-state index >= 15 is 0 Å². The lowest BCUT2D eigenvalue weighted by Crippen LogP contribution is -2.43. The second kappa shape index (κ2) is 10.6. The summed E-state index contributed by atoms with van der Waals surface area (Å²) in [4.78, 5) is 26.3. The molecule has 0 radical (unpaired) electrons. The zero-order chi connectivity index (χ0) is 19.6. The molecule has 148 valence electrons. The van der Waals surface area contributed by atoms with Gasteiger partial charge in [-0.2, -0.15) is 0 Å². The lowest BCUT2D eigenvalue weighted by molar-refractivity contribution is -0.149. The van der Waals surface area contributed by atoms with Crippen LogP contribution in [0.4, 0.5) is 0 Å². The molecule has 1 amide bonds. The second-order valence-electron chi connectivity index (χ2n) is 6.52. The van der Waals surface area contributed by atoms with Crippen molar-refractivity contribution in [3.8, 4) is 11.5 Å². The van der Waals surface area contributed by atoms with Gasteiger partial charge < -0.3 is 19.1 Å². The zero-order valence-corrected chi connectivity index (χ0v) is 16.4. The van der Waals surface area contributed by atoms with Gasteiger partial charge in [-0.15, -0.1) is 0 Å². The third kappa shape index (κ3) is 6.01. The second-order valence-corrected chi connectivity index (χ2v) is 6.52. The van der Waals surface area contributed by atoms with Crippen LogP contribution in [0, 0.1) is 0 Å². The Balaban J connectivity index is 1.91. The smallest absolute Gasteiger partial charge is 0.331 e. The Morgan fingerprint density at radius 2 is 1.89 bits per heavy atom. The standard InChI is InChI=1S/C21H29NO5/c1-4-22(17-8-6-5-7-9-17)20(23)15-27-21(24)13-10-16-14-18(25-2)11-12-19(16)26-3/h10-14,17H,4-9,15H2,1-3H3. The zero-order valence-electron chi connectivity index (χ0n) is 16.4. The highest BCUT2D eigenvalue weighted by Crippen LogP contribution is 2.25. The summed E-state index contributed by atoms with van der Waals surface area (Å²) in [7, 11) is 3.13. The Bertz CT molecular complexity index is 665. The first-order chi connectivity index (χ1) is 13.1. The first kappa shape index (κ1) is 20.8. The maximum absolute atomic E-state index is 12.4. The Hall–Kier alpha value is -2.50. The maximum Gasteiger partial charge on any atom is 0.331 e. The Morgan fingerprint density at radius 3 is 2.52 bits per heavy atom. The molecule has 1 fully saturated rings. The van der Waals surface area contributed by atoms with E-state index in [0.29, 0.717) is 23.6 Å². The molecule has 1 aromatic carbocycles. The summed E-state index contributed by atoms with van der Waals surface area (Å²) in [5.41, 5.74) is 0.692. The molecular formula is C21H29NO5. The molecule has 1 saturated carbocycles. The van der Waals surface area contributed by atoms with E-state index in [1.165, 1.54) is 12.5 Å². The summed E-state index contributed by atoms with van der Waals surface area (Å²) in [5, 5.41) is 0. The van der Waals surface area contributed by atoms with Gasteiger partial charge in [0.25, 0.3) is 5.91 Å². The molecule has 0 aliphatic heterocycles. The number of carbonyl (C=O) groups excluding carboxylic acids is 2.